The molecule has 2 rings (SSSR count). The van der Waals surface area contributed by atoms with Crippen LogP contribution >= 0.6 is 0 Å². The lowest BCUT2D eigenvalue weighted by Crippen LogP contribution is -2.20. The van der Waals surface area contributed by atoms with Crippen molar-refractivity contribution in [1.29, 1.82) is 0 Å². The molecule has 1 amide bonds. The summed E-state index contributed by atoms with van der Waals surface area (Å²) in [5.74, 6) is -0.0810. The second-order valence-electron chi connectivity index (χ2n) is 3.23. The summed E-state index contributed by atoms with van der Waals surface area (Å²) in [7, 11) is 0. The van der Waals surface area contributed by atoms with E-state index in [4.69, 9.17) is 11.5 Å². The first-order valence-electron chi connectivity index (χ1n) is 4.57. The predicted octanol–water partition coefficient (Wildman–Crippen LogP) is -0.592. The largest absolute Gasteiger partial charge is 0.399 e. The van der Waals surface area contributed by atoms with Crippen LogP contribution in [0.5, 0.6) is 0 Å². The van der Waals surface area contributed by atoms with Gasteiger partial charge in [-0.2, -0.15) is 4.80 Å². The first-order valence-corrected chi connectivity index (χ1v) is 4.57. The van der Waals surface area contributed by atoms with E-state index in [0.717, 1.165) is 10.4 Å². The number of carbonyl (C=O) groups is 1. The fourth-order valence-corrected chi connectivity index (χ4v) is 1.20. The molecule has 0 saturated carbocycles. The molecule has 2 aromatic rings. The molecule has 0 aliphatic carbocycles. The maximum absolute atomic E-state index is 10.6. The van der Waals surface area contributed by atoms with Crippen LogP contribution in [0.15, 0.2) is 24.3 Å². The Morgan fingerprint density at radius 1 is 1.31 bits per heavy atom. The first-order chi connectivity index (χ1) is 7.65. The molecule has 0 saturated heterocycles. The van der Waals surface area contributed by atoms with E-state index in [0.29, 0.717) is 11.5 Å². The highest BCUT2D eigenvalue weighted by molar-refractivity contribution is 5.73. The minimum atomic E-state index is -0.513. The van der Waals surface area contributed by atoms with Crippen LogP contribution in [0.3, 0.4) is 0 Å². The topological polar surface area (TPSA) is 113 Å². The molecule has 0 atom stereocenters. The van der Waals surface area contributed by atoms with Crippen molar-refractivity contribution in [3.63, 3.8) is 0 Å². The number of hydrogen-bond acceptors (Lipinski definition) is 5. The van der Waals surface area contributed by atoms with E-state index in [9.17, 15) is 4.79 Å². The van der Waals surface area contributed by atoms with Crippen molar-refractivity contribution in [2.45, 2.75) is 6.54 Å². The molecule has 0 bridgehead atoms. The maximum atomic E-state index is 10.6. The smallest absolute Gasteiger partial charge is 0.241 e. The number of rotatable bonds is 3. The molecule has 1 aromatic carbocycles. The molecule has 0 aliphatic rings. The summed E-state index contributed by atoms with van der Waals surface area (Å²) in [4.78, 5) is 11.8. The standard InChI is InChI=1S/C9H10N6O/c10-7-3-1-6(2-4-7)9-12-14-15(13-9)5-8(11)16/h1-4H,5,10H2,(H2,11,16). The van der Waals surface area contributed by atoms with Crippen LogP contribution in [0, 0.1) is 0 Å². The van der Waals surface area contributed by atoms with Crippen molar-refractivity contribution in [3.05, 3.63) is 24.3 Å². The monoisotopic (exact) mass is 218 g/mol. The molecule has 7 heteroatoms. The Hall–Kier alpha value is -2.44. The van der Waals surface area contributed by atoms with Crippen LogP contribution in [-0.4, -0.2) is 26.1 Å². The molecular weight excluding hydrogens is 208 g/mol. The van der Waals surface area contributed by atoms with Gasteiger partial charge in [0.15, 0.2) is 0 Å². The van der Waals surface area contributed by atoms with Crippen molar-refractivity contribution in [1.82, 2.24) is 20.2 Å². The van der Waals surface area contributed by atoms with Gasteiger partial charge in [-0.05, 0) is 29.5 Å². The third kappa shape index (κ3) is 2.14. The van der Waals surface area contributed by atoms with Crippen LogP contribution in [-0.2, 0) is 11.3 Å². The minimum Gasteiger partial charge on any atom is -0.399 e. The summed E-state index contributed by atoms with van der Waals surface area (Å²) < 4.78 is 0. The van der Waals surface area contributed by atoms with E-state index in [1.54, 1.807) is 24.3 Å². The Morgan fingerprint density at radius 3 is 2.62 bits per heavy atom. The van der Waals surface area contributed by atoms with Crippen LogP contribution in [0.4, 0.5) is 5.69 Å². The average Bonchev–Trinajstić information content (AvgIpc) is 2.66. The summed E-state index contributed by atoms with van der Waals surface area (Å²) in [5, 5.41) is 11.5. The summed E-state index contributed by atoms with van der Waals surface area (Å²) in [6.07, 6.45) is 0. The van der Waals surface area contributed by atoms with Gasteiger partial charge in [-0.25, -0.2) is 0 Å². The fraction of sp³-hybridized carbons (Fsp3) is 0.111. The lowest BCUT2D eigenvalue weighted by molar-refractivity contribution is -0.118. The quantitative estimate of drug-likeness (QED) is 0.668. The van der Waals surface area contributed by atoms with Crippen molar-refractivity contribution in [2.24, 2.45) is 5.73 Å². The van der Waals surface area contributed by atoms with E-state index < -0.39 is 5.91 Å². The number of anilines is 1. The van der Waals surface area contributed by atoms with Gasteiger partial charge >= 0.3 is 0 Å². The molecule has 0 aliphatic heterocycles. The normalized spacial score (nSPS) is 10.2. The highest BCUT2D eigenvalue weighted by Gasteiger charge is 2.06. The Balaban J connectivity index is 2.24. The summed E-state index contributed by atoms with van der Waals surface area (Å²) in [6, 6.07) is 7.04. The number of hydrogen-bond donors (Lipinski definition) is 2. The van der Waals surface area contributed by atoms with Gasteiger partial charge in [0.1, 0.15) is 6.54 Å². The molecule has 16 heavy (non-hydrogen) atoms. The van der Waals surface area contributed by atoms with Crippen LogP contribution in [0.25, 0.3) is 11.4 Å². The molecule has 82 valence electrons. The van der Waals surface area contributed by atoms with E-state index in [2.05, 4.69) is 15.4 Å². The Kier molecular flexibility index (Phi) is 2.50. The van der Waals surface area contributed by atoms with Crippen molar-refractivity contribution in [2.75, 3.05) is 5.73 Å². The van der Waals surface area contributed by atoms with Gasteiger partial charge in [-0.3, -0.25) is 4.79 Å². The fourth-order valence-electron chi connectivity index (χ4n) is 1.20. The van der Waals surface area contributed by atoms with Gasteiger partial charge < -0.3 is 11.5 Å². The van der Waals surface area contributed by atoms with Crippen molar-refractivity contribution in [3.8, 4) is 11.4 Å². The average molecular weight is 218 g/mol. The number of amides is 1. The lowest BCUT2D eigenvalue weighted by Gasteiger charge is -1.95. The van der Waals surface area contributed by atoms with Crippen LogP contribution < -0.4 is 11.5 Å². The van der Waals surface area contributed by atoms with Gasteiger partial charge in [-0.1, -0.05) is 0 Å². The third-order valence-electron chi connectivity index (χ3n) is 1.92. The minimum absolute atomic E-state index is 0.0814. The number of carbonyl (C=O) groups excluding carboxylic acids is 1. The number of primary amides is 1. The number of nitrogen functional groups attached to an aromatic ring is 1. The molecule has 1 aromatic heterocycles. The number of nitrogens with zero attached hydrogens (tertiary/aromatic N) is 4. The van der Waals surface area contributed by atoms with Crippen molar-refractivity contribution >= 4 is 11.6 Å². The van der Waals surface area contributed by atoms with E-state index in [1.165, 1.54) is 0 Å². The summed E-state index contributed by atoms with van der Waals surface area (Å²) >= 11 is 0. The SMILES string of the molecule is NC(=O)Cn1nnc(-c2ccc(N)cc2)n1. The predicted molar refractivity (Wildman–Crippen MR) is 56.9 cm³/mol. The second-order valence-corrected chi connectivity index (χ2v) is 3.23. The summed E-state index contributed by atoms with van der Waals surface area (Å²) in [6.45, 7) is -0.0814. The van der Waals surface area contributed by atoms with Gasteiger partial charge in [0.2, 0.25) is 11.7 Å². The zero-order chi connectivity index (χ0) is 11.5. The molecule has 0 unspecified atom stereocenters. The number of benzene rings is 1. The van der Waals surface area contributed by atoms with Gasteiger partial charge in [0, 0.05) is 11.3 Å². The molecule has 7 nitrogen and oxygen atoms in total. The molecule has 4 N–H and O–H groups in total. The van der Waals surface area contributed by atoms with E-state index in [-0.39, 0.29) is 6.54 Å². The molecule has 0 radical (unpaired) electrons. The van der Waals surface area contributed by atoms with Crippen LogP contribution in [0.2, 0.25) is 0 Å². The number of tetrazole rings is 1. The Bertz CT molecular complexity index is 503. The van der Waals surface area contributed by atoms with Crippen LogP contribution in [0.1, 0.15) is 0 Å². The Labute approximate surface area is 91.0 Å². The highest BCUT2D eigenvalue weighted by Crippen LogP contribution is 2.14. The summed E-state index contributed by atoms with van der Waals surface area (Å²) in [5.41, 5.74) is 12.0. The molecule has 0 spiro atoms. The first kappa shape index (κ1) is 10.1. The van der Waals surface area contributed by atoms with E-state index >= 15 is 0 Å². The zero-order valence-electron chi connectivity index (χ0n) is 8.37. The Morgan fingerprint density at radius 2 is 2.00 bits per heavy atom. The third-order valence-corrected chi connectivity index (χ3v) is 1.92. The molecule has 1 heterocycles. The highest BCUT2D eigenvalue weighted by atomic mass is 16.1. The molecular formula is C9H10N6O. The lowest BCUT2D eigenvalue weighted by atomic mass is 10.2. The van der Waals surface area contributed by atoms with Gasteiger partial charge in [0.05, 0.1) is 0 Å². The maximum Gasteiger partial charge on any atom is 0.241 e. The van der Waals surface area contributed by atoms with Crippen molar-refractivity contribution < 1.29 is 4.79 Å². The van der Waals surface area contributed by atoms with E-state index in [1.807, 2.05) is 0 Å². The zero-order valence-corrected chi connectivity index (χ0v) is 8.37. The number of nitrogens with two attached hydrogens (primary N) is 2. The second kappa shape index (κ2) is 3.97. The number of aromatic nitrogens is 4. The van der Waals surface area contributed by atoms with Gasteiger partial charge in [0.25, 0.3) is 0 Å². The molecule has 0 fully saturated rings. The van der Waals surface area contributed by atoms with Gasteiger partial charge in [-0.15, -0.1) is 10.2 Å².